The van der Waals surface area contributed by atoms with E-state index >= 15 is 0 Å². The molecule has 27 heavy (non-hydrogen) atoms. The van der Waals surface area contributed by atoms with Crippen molar-refractivity contribution in [3.05, 3.63) is 48.3 Å². The maximum absolute atomic E-state index is 13.0. The summed E-state index contributed by atoms with van der Waals surface area (Å²) in [6.45, 7) is 2.63. The number of rotatable bonds is 5. The summed E-state index contributed by atoms with van der Waals surface area (Å²) in [5.41, 5.74) is 0.651. The van der Waals surface area contributed by atoms with Gasteiger partial charge in [-0.2, -0.15) is 0 Å². The van der Waals surface area contributed by atoms with Crippen LogP contribution in [0.3, 0.4) is 0 Å². The Labute approximate surface area is 163 Å². The number of piperazine rings is 1. The number of carbonyl (C=O) groups excluding carboxylic acids is 2. The zero-order valence-corrected chi connectivity index (χ0v) is 16.4. The van der Waals surface area contributed by atoms with Crippen LogP contribution >= 0.6 is 11.8 Å². The van der Waals surface area contributed by atoms with E-state index in [9.17, 15) is 9.59 Å². The highest BCUT2D eigenvalue weighted by Crippen LogP contribution is 2.24. The van der Waals surface area contributed by atoms with Crippen LogP contribution in [0, 0.1) is 0 Å². The highest BCUT2D eigenvalue weighted by Gasteiger charge is 2.25. The molecule has 1 aliphatic rings. The fourth-order valence-corrected chi connectivity index (χ4v) is 3.80. The van der Waals surface area contributed by atoms with Gasteiger partial charge in [0, 0.05) is 57.6 Å². The molecule has 0 atom stereocenters. The lowest BCUT2D eigenvalue weighted by Crippen LogP contribution is -2.49. The molecule has 1 saturated heterocycles. The molecule has 3 rings (SSSR count). The summed E-state index contributed by atoms with van der Waals surface area (Å²) in [6.07, 6.45) is 3.45. The predicted octanol–water partition coefficient (Wildman–Crippen LogP) is 1.62. The van der Waals surface area contributed by atoms with Crippen LogP contribution in [-0.2, 0) is 4.79 Å². The third-order valence-corrected chi connectivity index (χ3v) is 5.43. The maximum atomic E-state index is 13.0. The molecule has 0 radical (unpaired) electrons. The van der Waals surface area contributed by atoms with E-state index in [2.05, 4.69) is 14.9 Å². The Balaban J connectivity index is 1.64. The number of thioether (sulfide) groups is 1. The second-order valence-electron chi connectivity index (χ2n) is 6.40. The standard InChI is InChI=1S/C19H23N5O2S/c1-22(2)17(25)14-27-16-7-4-3-6-15(16)18(26)23-10-12-24(13-11-23)19-20-8-5-9-21-19/h3-9H,10-14H2,1-2H3. The SMILES string of the molecule is CN(C)C(=O)CSc1ccccc1C(=O)N1CCN(c2ncccn2)CC1. The second kappa shape index (κ2) is 8.85. The normalized spacial score (nSPS) is 14.1. The number of aromatic nitrogens is 2. The van der Waals surface area contributed by atoms with Crippen LogP contribution in [0.4, 0.5) is 5.95 Å². The van der Waals surface area contributed by atoms with Crippen LogP contribution in [0.25, 0.3) is 0 Å². The molecule has 1 aromatic carbocycles. The molecule has 1 aromatic heterocycles. The van der Waals surface area contributed by atoms with Crippen LogP contribution in [0.5, 0.6) is 0 Å². The van der Waals surface area contributed by atoms with Crippen LogP contribution in [0.2, 0.25) is 0 Å². The first-order chi connectivity index (χ1) is 13.1. The summed E-state index contributed by atoms with van der Waals surface area (Å²) in [5.74, 6) is 1.04. The molecule has 0 bridgehead atoms. The van der Waals surface area contributed by atoms with Crippen LogP contribution in [0.15, 0.2) is 47.6 Å². The van der Waals surface area contributed by atoms with Gasteiger partial charge in [-0.15, -0.1) is 11.8 Å². The maximum Gasteiger partial charge on any atom is 0.255 e. The van der Waals surface area contributed by atoms with E-state index in [0.29, 0.717) is 43.4 Å². The van der Waals surface area contributed by atoms with Gasteiger partial charge in [-0.3, -0.25) is 9.59 Å². The molecule has 1 aliphatic heterocycles. The van der Waals surface area contributed by atoms with Gasteiger partial charge in [-0.1, -0.05) is 12.1 Å². The molecule has 2 aromatic rings. The third kappa shape index (κ3) is 4.77. The zero-order chi connectivity index (χ0) is 19.2. The highest BCUT2D eigenvalue weighted by molar-refractivity contribution is 8.00. The van der Waals surface area contributed by atoms with Gasteiger partial charge in [0.2, 0.25) is 11.9 Å². The van der Waals surface area contributed by atoms with Gasteiger partial charge in [0.1, 0.15) is 0 Å². The van der Waals surface area contributed by atoms with Crippen LogP contribution in [-0.4, -0.2) is 77.6 Å². The minimum Gasteiger partial charge on any atom is -0.348 e. The molecule has 0 N–H and O–H groups in total. The van der Waals surface area contributed by atoms with Gasteiger partial charge < -0.3 is 14.7 Å². The molecule has 1 fully saturated rings. The van der Waals surface area contributed by atoms with Gasteiger partial charge in [-0.05, 0) is 18.2 Å². The average molecular weight is 385 g/mol. The Hall–Kier alpha value is -2.61. The Bertz CT molecular complexity index is 792. The van der Waals surface area contributed by atoms with Crippen molar-refractivity contribution >= 4 is 29.5 Å². The van der Waals surface area contributed by atoms with Crippen molar-refractivity contribution in [3.8, 4) is 0 Å². The van der Waals surface area contributed by atoms with Gasteiger partial charge in [0.15, 0.2) is 0 Å². The van der Waals surface area contributed by atoms with Crippen LogP contribution < -0.4 is 4.90 Å². The zero-order valence-electron chi connectivity index (χ0n) is 15.5. The summed E-state index contributed by atoms with van der Waals surface area (Å²) >= 11 is 1.40. The molecule has 0 aliphatic carbocycles. The number of benzene rings is 1. The molecule has 7 nitrogen and oxygen atoms in total. The smallest absolute Gasteiger partial charge is 0.255 e. The number of hydrogen-bond donors (Lipinski definition) is 0. The van der Waals surface area contributed by atoms with Gasteiger partial charge >= 0.3 is 0 Å². The van der Waals surface area contributed by atoms with Gasteiger partial charge in [0.25, 0.3) is 5.91 Å². The first kappa shape index (κ1) is 19.2. The Morgan fingerprint density at radius 3 is 2.37 bits per heavy atom. The van der Waals surface area contributed by atoms with E-state index in [1.54, 1.807) is 37.5 Å². The van der Waals surface area contributed by atoms with E-state index < -0.39 is 0 Å². The molecular weight excluding hydrogens is 362 g/mol. The van der Waals surface area contributed by atoms with E-state index in [4.69, 9.17) is 0 Å². The van der Waals surface area contributed by atoms with Crippen molar-refractivity contribution in [2.75, 3.05) is 50.9 Å². The predicted molar refractivity (Wildman–Crippen MR) is 106 cm³/mol. The monoisotopic (exact) mass is 385 g/mol. The highest BCUT2D eigenvalue weighted by atomic mass is 32.2. The molecular formula is C19H23N5O2S. The van der Waals surface area contributed by atoms with Crippen molar-refractivity contribution in [2.45, 2.75) is 4.90 Å². The summed E-state index contributed by atoms with van der Waals surface area (Å²) in [6, 6.07) is 9.27. The van der Waals surface area contributed by atoms with E-state index in [1.807, 2.05) is 29.2 Å². The summed E-state index contributed by atoms with van der Waals surface area (Å²) in [7, 11) is 3.46. The quantitative estimate of drug-likeness (QED) is 0.729. The second-order valence-corrected chi connectivity index (χ2v) is 7.42. The number of carbonyl (C=O) groups is 2. The fraction of sp³-hybridized carbons (Fsp3) is 0.368. The molecule has 8 heteroatoms. The minimum absolute atomic E-state index is 0.00373. The average Bonchev–Trinajstić information content (AvgIpc) is 2.72. The number of nitrogens with zero attached hydrogens (tertiary/aromatic N) is 5. The summed E-state index contributed by atoms with van der Waals surface area (Å²) in [4.78, 5) is 39.7. The van der Waals surface area contributed by atoms with Crippen molar-refractivity contribution in [2.24, 2.45) is 0 Å². The largest absolute Gasteiger partial charge is 0.348 e. The first-order valence-electron chi connectivity index (χ1n) is 8.79. The lowest BCUT2D eigenvalue weighted by molar-refractivity contribution is -0.125. The molecule has 142 valence electrons. The van der Waals surface area contributed by atoms with Gasteiger partial charge in [0.05, 0.1) is 11.3 Å². The molecule has 0 unspecified atom stereocenters. The van der Waals surface area contributed by atoms with Crippen LogP contribution in [0.1, 0.15) is 10.4 Å². The molecule has 2 amide bonds. The molecule has 2 heterocycles. The Morgan fingerprint density at radius 1 is 1.04 bits per heavy atom. The first-order valence-corrected chi connectivity index (χ1v) is 9.78. The minimum atomic E-state index is 0.00373. The van der Waals surface area contributed by atoms with E-state index in [0.717, 1.165) is 4.90 Å². The Morgan fingerprint density at radius 2 is 1.70 bits per heavy atom. The topological polar surface area (TPSA) is 69.6 Å². The number of hydrogen-bond acceptors (Lipinski definition) is 6. The summed E-state index contributed by atoms with van der Waals surface area (Å²) < 4.78 is 0. The molecule has 0 saturated carbocycles. The number of amides is 2. The van der Waals surface area contributed by atoms with Crippen molar-refractivity contribution in [1.29, 1.82) is 0 Å². The fourth-order valence-electron chi connectivity index (χ4n) is 2.77. The van der Waals surface area contributed by atoms with Crippen molar-refractivity contribution < 1.29 is 9.59 Å². The third-order valence-electron chi connectivity index (χ3n) is 4.37. The summed E-state index contributed by atoms with van der Waals surface area (Å²) in [5, 5.41) is 0. The molecule has 0 spiro atoms. The Kier molecular flexibility index (Phi) is 6.28. The number of anilines is 1. The van der Waals surface area contributed by atoms with Crippen molar-refractivity contribution in [3.63, 3.8) is 0 Å². The van der Waals surface area contributed by atoms with E-state index in [-0.39, 0.29) is 11.8 Å². The van der Waals surface area contributed by atoms with E-state index in [1.165, 1.54) is 11.8 Å². The van der Waals surface area contributed by atoms with Crippen molar-refractivity contribution in [1.82, 2.24) is 19.8 Å². The lowest BCUT2D eigenvalue weighted by Gasteiger charge is -2.35. The van der Waals surface area contributed by atoms with Gasteiger partial charge in [-0.25, -0.2) is 9.97 Å². The lowest BCUT2D eigenvalue weighted by atomic mass is 10.2.